The Labute approximate surface area is 195 Å². The van der Waals surface area contributed by atoms with Crippen molar-refractivity contribution in [2.24, 2.45) is 0 Å². The number of anilines is 1. The number of halogens is 1. The van der Waals surface area contributed by atoms with E-state index in [9.17, 15) is 14.7 Å². The van der Waals surface area contributed by atoms with Gasteiger partial charge in [0.05, 0.1) is 36.0 Å². The summed E-state index contributed by atoms with van der Waals surface area (Å²) in [6.07, 6.45) is 3.13. The van der Waals surface area contributed by atoms with Crippen LogP contribution in [0, 0.1) is 0 Å². The molecular weight excluding hydrogens is 444 g/mol. The number of aliphatic hydroxyl groups excluding tert-OH is 1. The van der Waals surface area contributed by atoms with Gasteiger partial charge < -0.3 is 14.6 Å². The lowest BCUT2D eigenvalue weighted by molar-refractivity contribution is -0.132. The SMILES string of the molecule is CCOc1cc(/C(O)=C2/C(=O)C(=O)N(c3ccccc3OC)C2c2ccncc2)ccc1Cl. The van der Waals surface area contributed by atoms with Crippen molar-refractivity contribution in [2.75, 3.05) is 18.6 Å². The highest BCUT2D eigenvalue weighted by molar-refractivity contribution is 6.52. The molecule has 2 aromatic carbocycles. The predicted octanol–water partition coefficient (Wildman–Crippen LogP) is 4.77. The van der Waals surface area contributed by atoms with E-state index in [1.807, 2.05) is 6.92 Å². The quantitative estimate of drug-likeness (QED) is 0.321. The molecule has 1 N–H and O–H groups in total. The van der Waals surface area contributed by atoms with Gasteiger partial charge in [-0.3, -0.25) is 19.5 Å². The second kappa shape index (κ2) is 9.34. The molecule has 0 spiro atoms. The molecule has 168 valence electrons. The Balaban J connectivity index is 1.94. The zero-order valence-electron chi connectivity index (χ0n) is 18.0. The Morgan fingerprint density at radius 1 is 1.09 bits per heavy atom. The number of carbonyl (C=O) groups is 2. The molecule has 1 fully saturated rings. The number of para-hydroxylation sites is 2. The number of carbonyl (C=O) groups excluding carboxylic acids is 2. The average Bonchev–Trinajstić information content (AvgIpc) is 3.11. The minimum absolute atomic E-state index is 0.0538. The lowest BCUT2D eigenvalue weighted by Crippen LogP contribution is -2.29. The molecule has 33 heavy (non-hydrogen) atoms. The van der Waals surface area contributed by atoms with Crippen molar-refractivity contribution in [3.63, 3.8) is 0 Å². The van der Waals surface area contributed by atoms with Crippen LogP contribution in [0.15, 0.2) is 72.6 Å². The molecule has 1 aliphatic heterocycles. The molecule has 2 heterocycles. The van der Waals surface area contributed by atoms with Crippen molar-refractivity contribution in [1.29, 1.82) is 0 Å². The van der Waals surface area contributed by atoms with E-state index in [2.05, 4.69) is 4.98 Å². The van der Waals surface area contributed by atoms with Gasteiger partial charge in [0.25, 0.3) is 11.7 Å². The van der Waals surface area contributed by atoms with Gasteiger partial charge in [0.1, 0.15) is 17.3 Å². The number of ether oxygens (including phenoxy) is 2. The van der Waals surface area contributed by atoms with Crippen LogP contribution in [-0.2, 0) is 9.59 Å². The second-order valence-electron chi connectivity index (χ2n) is 7.20. The van der Waals surface area contributed by atoms with Crippen LogP contribution < -0.4 is 14.4 Å². The zero-order valence-corrected chi connectivity index (χ0v) is 18.7. The first-order valence-corrected chi connectivity index (χ1v) is 10.6. The number of Topliss-reactive ketones (excluding diaryl/α,β-unsaturated/α-hetero) is 1. The van der Waals surface area contributed by atoms with Gasteiger partial charge in [-0.15, -0.1) is 0 Å². The summed E-state index contributed by atoms with van der Waals surface area (Å²) in [5.41, 5.74) is 1.27. The Hall–Kier alpha value is -3.84. The Kier molecular flexibility index (Phi) is 6.33. The van der Waals surface area contributed by atoms with Crippen molar-refractivity contribution in [3.05, 3.63) is 88.7 Å². The van der Waals surface area contributed by atoms with E-state index in [4.69, 9.17) is 21.1 Å². The third kappa shape index (κ3) is 4.03. The molecule has 1 saturated heterocycles. The van der Waals surface area contributed by atoms with E-state index in [0.717, 1.165) is 0 Å². The molecule has 1 amide bonds. The lowest BCUT2D eigenvalue weighted by atomic mass is 9.95. The minimum Gasteiger partial charge on any atom is -0.507 e. The fourth-order valence-corrected chi connectivity index (χ4v) is 4.02. The minimum atomic E-state index is -0.893. The number of rotatable bonds is 6. The van der Waals surface area contributed by atoms with E-state index >= 15 is 0 Å². The highest BCUT2D eigenvalue weighted by Crippen LogP contribution is 2.45. The van der Waals surface area contributed by atoms with Crippen molar-refractivity contribution in [1.82, 2.24) is 4.98 Å². The standard InChI is InChI=1S/C25H21ClN2O5/c1-3-33-20-14-16(8-9-17(20)26)23(29)21-22(15-10-12-27-13-11-15)28(25(31)24(21)30)18-6-4-5-7-19(18)32-2/h4-14,22,29H,3H2,1-2H3/b23-21-. The number of nitrogens with zero attached hydrogens (tertiary/aromatic N) is 2. The largest absolute Gasteiger partial charge is 0.507 e. The number of pyridine rings is 1. The monoisotopic (exact) mass is 464 g/mol. The molecule has 3 aromatic rings. The number of aliphatic hydroxyl groups is 1. The fourth-order valence-electron chi connectivity index (χ4n) is 3.84. The summed E-state index contributed by atoms with van der Waals surface area (Å²) in [6.45, 7) is 2.18. The van der Waals surface area contributed by atoms with Gasteiger partial charge in [-0.25, -0.2) is 0 Å². The molecule has 0 aliphatic carbocycles. The summed E-state index contributed by atoms with van der Waals surface area (Å²) in [5.74, 6) is -1.13. The normalized spacial score (nSPS) is 17.3. The van der Waals surface area contributed by atoms with Crippen LogP contribution in [0.1, 0.15) is 24.1 Å². The Bertz CT molecular complexity index is 1240. The average molecular weight is 465 g/mol. The Morgan fingerprint density at radius 3 is 2.52 bits per heavy atom. The van der Waals surface area contributed by atoms with Gasteiger partial charge in [0, 0.05) is 18.0 Å². The lowest BCUT2D eigenvalue weighted by Gasteiger charge is -2.26. The smallest absolute Gasteiger partial charge is 0.300 e. The van der Waals surface area contributed by atoms with Crippen LogP contribution in [0.2, 0.25) is 5.02 Å². The molecular formula is C25H21ClN2O5. The van der Waals surface area contributed by atoms with Crippen LogP contribution >= 0.6 is 11.6 Å². The van der Waals surface area contributed by atoms with Crippen LogP contribution in [0.4, 0.5) is 5.69 Å². The van der Waals surface area contributed by atoms with Crippen LogP contribution in [-0.4, -0.2) is 35.5 Å². The summed E-state index contributed by atoms with van der Waals surface area (Å²) < 4.78 is 11.0. The molecule has 8 heteroatoms. The van der Waals surface area contributed by atoms with Gasteiger partial charge in [-0.2, -0.15) is 0 Å². The van der Waals surface area contributed by atoms with Crippen LogP contribution in [0.25, 0.3) is 5.76 Å². The zero-order chi connectivity index (χ0) is 23.5. The number of methoxy groups -OCH3 is 1. The molecule has 1 atom stereocenters. The summed E-state index contributed by atoms with van der Waals surface area (Å²) in [4.78, 5) is 31.9. The molecule has 1 aromatic heterocycles. The Morgan fingerprint density at radius 2 is 1.82 bits per heavy atom. The van der Waals surface area contributed by atoms with Crippen molar-refractivity contribution >= 4 is 34.7 Å². The third-order valence-corrected chi connectivity index (χ3v) is 5.63. The van der Waals surface area contributed by atoms with Gasteiger partial charge in [0.15, 0.2) is 0 Å². The number of benzene rings is 2. The first kappa shape index (κ1) is 22.4. The van der Waals surface area contributed by atoms with E-state index in [-0.39, 0.29) is 11.3 Å². The molecule has 0 radical (unpaired) electrons. The molecule has 4 rings (SSSR count). The fraction of sp³-hybridized carbons (Fsp3) is 0.160. The summed E-state index contributed by atoms with van der Waals surface area (Å²) >= 11 is 6.18. The second-order valence-corrected chi connectivity index (χ2v) is 7.61. The summed E-state index contributed by atoms with van der Waals surface area (Å²) in [6, 6.07) is 14.1. The van der Waals surface area contributed by atoms with Crippen LogP contribution in [0.5, 0.6) is 11.5 Å². The number of ketones is 1. The first-order chi connectivity index (χ1) is 16.0. The summed E-state index contributed by atoms with van der Waals surface area (Å²) in [7, 11) is 1.49. The number of aromatic nitrogens is 1. The number of amides is 1. The maximum atomic E-state index is 13.2. The number of hydrogen-bond donors (Lipinski definition) is 1. The first-order valence-electron chi connectivity index (χ1n) is 10.2. The molecule has 1 unspecified atom stereocenters. The molecule has 7 nitrogen and oxygen atoms in total. The van der Waals surface area contributed by atoms with Crippen molar-refractivity contribution < 1.29 is 24.2 Å². The van der Waals surface area contributed by atoms with Crippen molar-refractivity contribution in [3.8, 4) is 11.5 Å². The topological polar surface area (TPSA) is 89.0 Å². The predicted molar refractivity (Wildman–Crippen MR) is 125 cm³/mol. The maximum absolute atomic E-state index is 13.2. The van der Waals surface area contributed by atoms with E-state index < -0.39 is 17.7 Å². The maximum Gasteiger partial charge on any atom is 0.300 e. The van der Waals surface area contributed by atoms with Crippen LogP contribution in [0.3, 0.4) is 0 Å². The van der Waals surface area contributed by atoms with Gasteiger partial charge >= 0.3 is 0 Å². The van der Waals surface area contributed by atoms with Gasteiger partial charge in [0.2, 0.25) is 0 Å². The van der Waals surface area contributed by atoms with E-state index in [1.54, 1.807) is 67.0 Å². The highest BCUT2D eigenvalue weighted by Gasteiger charge is 2.47. The molecule has 1 aliphatic rings. The van der Waals surface area contributed by atoms with Gasteiger partial charge in [-0.05, 0) is 55.0 Å². The van der Waals surface area contributed by atoms with Gasteiger partial charge in [-0.1, -0.05) is 23.7 Å². The molecule has 0 saturated carbocycles. The van der Waals surface area contributed by atoms with E-state index in [0.29, 0.717) is 39.9 Å². The van der Waals surface area contributed by atoms with E-state index in [1.165, 1.54) is 12.0 Å². The summed E-state index contributed by atoms with van der Waals surface area (Å²) in [5, 5.41) is 11.6. The molecule has 0 bridgehead atoms. The van der Waals surface area contributed by atoms with Crippen molar-refractivity contribution in [2.45, 2.75) is 13.0 Å². The number of hydrogen-bond acceptors (Lipinski definition) is 6. The highest BCUT2D eigenvalue weighted by atomic mass is 35.5. The third-order valence-electron chi connectivity index (χ3n) is 5.32.